The molecule has 2 aliphatic rings. The van der Waals surface area contributed by atoms with Crippen LogP contribution in [-0.2, 0) is 24.2 Å². The van der Waals surface area contributed by atoms with Crippen LogP contribution >= 0.6 is 0 Å². The summed E-state index contributed by atoms with van der Waals surface area (Å²) >= 11 is 0. The number of ether oxygens (including phenoxy) is 1. The lowest BCUT2D eigenvalue weighted by molar-refractivity contribution is -0.167. The maximum Gasteiger partial charge on any atom is 0.327 e. The van der Waals surface area contributed by atoms with E-state index in [4.69, 9.17) is 0 Å². The first kappa shape index (κ1) is 10.3. The minimum atomic E-state index is -3.17. The van der Waals surface area contributed by atoms with Crippen molar-refractivity contribution in [3.63, 3.8) is 0 Å². The van der Waals surface area contributed by atoms with Crippen molar-refractivity contribution >= 4 is 21.8 Å². The van der Waals surface area contributed by atoms with Gasteiger partial charge in [0.25, 0.3) is 0 Å². The highest BCUT2D eigenvalue weighted by atomic mass is 32.2. The molecule has 0 aromatic rings. The Morgan fingerprint density at radius 3 is 2.33 bits per heavy atom. The third-order valence-corrected chi connectivity index (χ3v) is 3.65. The first-order valence-corrected chi connectivity index (χ1v) is 6.06. The summed E-state index contributed by atoms with van der Waals surface area (Å²) in [4.78, 5) is 23.4. The highest BCUT2D eigenvalue weighted by Crippen LogP contribution is 2.16. The molecule has 6 nitrogen and oxygen atoms in total. The number of hydrogen-bond acceptors (Lipinski definition) is 6. The summed E-state index contributed by atoms with van der Waals surface area (Å²) in [5, 5.41) is 1.11. The number of carbonyl (C=O) groups is 2. The number of cyclic esters (lactones) is 2. The Kier molecular flexibility index (Phi) is 2.35. The summed E-state index contributed by atoms with van der Waals surface area (Å²) in [6, 6.07) is -0.396. The van der Waals surface area contributed by atoms with Gasteiger partial charge in [-0.3, -0.25) is 14.5 Å². The summed E-state index contributed by atoms with van der Waals surface area (Å²) in [5.74, 6) is -1.35. The molecule has 1 unspecified atom stereocenters. The Morgan fingerprint density at radius 1 is 1.27 bits per heavy atom. The van der Waals surface area contributed by atoms with Crippen LogP contribution in [0.25, 0.3) is 0 Å². The minimum absolute atomic E-state index is 0.0454. The molecule has 0 saturated carbocycles. The number of nitrogens with zero attached hydrogens (tertiary/aromatic N) is 1. The second-order valence-electron chi connectivity index (χ2n) is 3.48. The number of rotatable bonds is 1. The van der Waals surface area contributed by atoms with Gasteiger partial charge in [-0.05, 0) is 0 Å². The van der Waals surface area contributed by atoms with Crippen molar-refractivity contribution in [2.75, 3.05) is 18.8 Å². The van der Waals surface area contributed by atoms with E-state index in [1.54, 1.807) is 0 Å². The van der Waals surface area contributed by atoms with Crippen LogP contribution in [0.4, 0.5) is 0 Å². The second-order valence-corrected chi connectivity index (χ2v) is 5.41. The Hall–Kier alpha value is -1.21. The molecule has 2 heterocycles. The molecule has 82 valence electrons. The maximum atomic E-state index is 11.1. The van der Waals surface area contributed by atoms with E-state index in [0.29, 0.717) is 0 Å². The van der Waals surface area contributed by atoms with E-state index in [9.17, 15) is 18.0 Å². The van der Waals surface area contributed by atoms with Crippen molar-refractivity contribution in [1.82, 2.24) is 4.90 Å². The van der Waals surface area contributed by atoms with E-state index in [1.165, 1.54) is 11.0 Å². The molecule has 0 aliphatic carbocycles. The van der Waals surface area contributed by atoms with Crippen molar-refractivity contribution < 1.29 is 22.7 Å². The first-order chi connectivity index (χ1) is 6.96. The predicted octanol–water partition coefficient (Wildman–Crippen LogP) is -1.32. The van der Waals surface area contributed by atoms with Crippen LogP contribution in [0.2, 0.25) is 0 Å². The fourth-order valence-electron chi connectivity index (χ4n) is 1.60. The topological polar surface area (TPSA) is 80.8 Å². The molecule has 0 bridgehead atoms. The predicted molar refractivity (Wildman–Crippen MR) is 49.4 cm³/mol. The number of esters is 2. The highest BCUT2D eigenvalue weighted by molar-refractivity contribution is 7.94. The Morgan fingerprint density at radius 2 is 1.87 bits per heavy atom. The Bertz CT molecular complexity index is 422. The van der Waals surface area contributed by atoms with Gasteiger partial charge in [-0.15, -0.1) is 0 Å². The summed E-state index contributed by atoms with van der Waals surface area (Å²) in [7, 11) is -3.17. The second kappa shape index (κ2) is 3.42. The van der Waals surface area contributed by atoms with Gasteiger partial charge in [-0.1, -0.05) is 6.08 Å². The molecular weight excluding hydrogens is 222 g/mol. The van der Waals surface area contributed by atoms with Crippen molar-refractivity contribution in [1.29, 1.82) is 0 Å². The van der Waals surface area contributed by atoms with Crippen LogP contribution in [0.3, 0.4) is 0 Å². The van der Waals surface area contributed by atoms with E-state index in [1.807, 2.05) is 0 Å². The van der Waals surface area contributed by atoms with Crippen molar-refractivity contribution in [3.8, 4) is 0 Å². The molecule has 2 aliphatic heterocycles. The van der Waals surface area contributed by atoms with Gasteiger partial charge in [0.05, 0.1) is 18.8 Å². The summed E-state index contributed by atoms with van der Waals surface area (Å²) in [6.45, 7) is -0.0907. The van der Waals surface area contributed by atoms with Gasteiger partial charge in [0, 0.05) is 11.4 Å². The summed E-state index contributed by atoms with van der Waals surface area (Å²) in [5.41, 5.74) is 0. The van der Waals surface area contributed by atoms with Gasteiger partial charge >= 0.3 is 11.9 Å². The lowest BCUT2D eigenvalue weighted by atomic mass is 10.2. The highest BCUT2D eigenvalue weighted by Gasteiger charge is 2.33. The zero-order valence-electron chi connectivity index (χ0n) is 7.75. The summed E-state index contributed by atoms with van der Waals surface area (Å²) in [6.07, 6.45) is 1.49. The quantitative estimate of drug-likeness (QED) is 0.411. The molecule has 0 aromatic carbocycles. The smallest absolute Gasteiger partial charge is 0.327 e. The standard InChI is InChI=1S/C8H9NO5S/c10-7-3-9(4-8(11)14-7)6-1-2-15(12,13)5-6/h1-2,6H,3-5H2. The number of hydrogen-bond donors (Lipinski definition) is 0. The molecule has 15 heavy (non-hydrogen) atoms. The van der Waals surface area contributed by atoms with Gasteiger partial charge < -0.3 is 4.74 Å². The molecule has 0 N–H and O–H groups in total. The summed E-state index contributed by atoms with van der Waals surface area (Å²) < 4.78 is 26.6. The normalized spacial score (nSPS) is 30.5. The number of morpholine rings is 1. The van der Waals surface area contributed by atoms with Gasteiger partial charge in [0.2, 0.25) is 0 Å². The fraction of sp³-hybridized carbons (Fsp3) is 0.500. The van der Waals surface area contributed by atoms with Crippen LogP contribution in [0.5, 0.6) is 0 Å². The van der Waals surface area contributed by atoms with Gasteiger partial charge in [-0.2, -0.15) is 0 Å². The van der Waals surface area contributed by atoms with Crippen molar-refractivity contribution in [2.45, 2.75) is 6.04 Å². The first-order valence-electron chi connectivity index (χ1n) is 4.35. The average molecular weight is 231 g/mol. The zero-order valence-corrected chi connectivity index (χ0v) is 8.57. The monoisotopic (exact) mass is 231 g/mol. The van der Waals surface area contributed by atoms with Crippen molar-refractivity contribution in [2.24, 2.45) is 0 Å². The largest absolute Gasteiger partial charge is 0.391 e. The van der Waals surface area contributed by atoms with Crippen LogP contribution in [0, 0.1) is 0 Å². The molecule has 2 rings (SSSR count). The Balaban J connectivity index is 2.10. The average Bonchev–Trinajstić information content (AvgIpc) is 2.44. The maximum absolute atomic E-state index is 11.1. The molecule has 0 radical (unpaired) electrons. The van der Waals surface area contributed by atoms with Crippen LogP contribution in [0.15, 0.2) is 11.5 Å². The van der Waals surface area contributed by atoms with Crippen LogP contribution in [0.1, 0.15) is 0 Å². The fourth-order valence-corrected chi connectivity index (χ4v) is 2.93. The lowest BCUT2D eigenvalue weighted by Crippen LogP contribution is -2.48. The van der Waals surface area contributed by atoms with Crippen molar-refractivity contribution in [3.05, 3.63) is 11.5 Å². The lowest BCUT2D eigenvalue weighted by Gasteiger charge is -2.28. The Labute approximate surface area is 86.4 Å². The van der Waals surface area contributed by atoms with Gasteiger partial charge in [0.15, 0.2) is 9.84 Å². The number of carbonyl (C=O) groups excluding carboxylic acids is 2. The third-order valence-electron chi connectivity index (χ3n) is 2.27. The van der Waals surface area contributed by atoms with E-state index >= 15 is 0 Å². The molecule has 1 atom stereocenters. The molecule has 1 fully saturated rings. The van der Waals surface area contributed by atoms with Crippen LogP contribution < -0.4 is 0 Å². The minimum Gasteiger partial charge on any atom is -0.391 e. The molecule has 0 spiro atoms. The van der Waals surface area contributed by atoms with E-state index in [2.05, 4.69) is 4.74 Å². The van der Waals surface area contributed by atoms with Crippen LogP contribution in [-0.4, -0.2) is 50.1 Å². The SMILES string of the molecule is O=C1CN(C2C=CS(=O)(=O)C2)CC(=O)O1. The third kappa shape index (κ3) is 2.24. The molecule has 0 aromatic heterocycles. The molecule has 7 heteroatoms. The molecule has 1 saturated heterocycles. The molecular formula is C8H9NO5S. The van der Waals surface area contributed by atoms with E-state index < -0.39 is 27.8 Å². The van der Waals surface area contributed by atoms with Gasteiger partial charge in [0.1, 0.15) is 0 Å². The zero-order chi connectivity index (χ0) is 11.1. The van der Waals surface area contributed by atoms with E-state index in [0.717, 1.165) is 5.41 Å². The molecule has 0 amide bonds. The number of sulfone groups is 1. The van der Waals surface area contributed by atoms with E-state index in [-0.39, 0.29) is 18.8 Å². The van der Waals surface area contributed by atoms with Gasteiger partial charge in [-0.25, -0.2) is 8.42 Å².